The molecule has 9 nitrogen and oxygen atoms in total. The SMILES string of the molecule is Cc1ccccc1[C@H](NC(=O)C(=O)Nc1ncn(CC(=O)N(C)C)n1)[C@H]1CCC[C@@H](C)C1. The Balaban J connectivity index is 1.69. The van der Waals surface area contributed by atoms with E-state index < -0.39 is 11.8 Å². The summed E-state index contributed by atoms with van der Waals surface area (Å²) in [6.45, 7) is 4.25. The number of nitrogens with one attached hydrogen (secondary N) is 2. The molecule has 1 aromatic heterocycles. The Morgan fingerprint density at radius 3 is 2.62 bits per heavy atom. The van der Waals surface area contributed by atoms with Gasteiger partial charge in [-0.15, -0.1) is 5.10 Å². The second-order valence-electron chi connectivity index (χ2n) is 8.85. The summed E-state index contributed by atoms with van der Waals surface area (Å²) in [5.74, 6) is -0.875. The average Bonchev–Trinajstić information content (AvgIpc) is 3.19. The summed E-state index contributed by atoms with van der Waals surface area (Å²) in [6, 6.07) is 7.73. The van der Waals surface area contributed by atoms with E-state index in [-0.39, 0.29) is 30.4 Å². The van der Waals surface area contributed by atoms with E-state index in [4.69, 9.17) is 0 Å². The highest BCUT2D eigenvalue weighted by Gasteiger charge is 2.31. The van der Waals surface area contributed by atoms with E-state index >= 15 is 0 Å². The molecule has 2 aromatic rings. The molecule has 1 aromatic carbocycles. The number of benzene rings is 1. The smallest absolute Gasteiger partial charge is 0.316 e. The second kappa shape index (κ2) is 10.4. The maximum atomic E-state index is 12.8. The van der Waals surface area contributed by atoms with Crippen LogP contribution in [0.25, 0.3) is 0 Å². The molecule has 1 aliphatic carbocycles. The maximum absolute atomic E-state index is 12.8. The average molecular weight is 441 g/mol. The lowest BCUT2D eigenvalue weighted by molar-refractivity contribution is -0.137. The maximum Gasteiger partial charge on any atom is 0.316 e. The van der Waals surface area contributed by atoms with E-state index in [1.165, 1.54) is 22.3 Å². The first-order chi connectivity index (χ1) is 15.2. The molecule has 172 valence electrons. The lowest BCUT2D eigenvalue weighted by atomic mass is 9.76. The molecular formula is C23H32N6O3. The van der Waals surface area contributed by atoms with Gasteiger partial charge in [0.2, 0.25) is 11.9 Å². The molecule has 0 radical (unpaired) electrons. The largest absolute Gasteiger partial charge is 0.347 e. The minimum atomic E-state index is -0.830. The first kappa shape index (κ1) is 23.4. The van der Waals surface area contributed by atoms with Gasteiger partial charge in [-0.3, -0.25) is 19.7 Å². The summed E-state index contributed by atoms with van der Waals surface area (Å²) in [7, 11) is 3.29. The van der Waals surface area contributed by atoms with E-state index in [0.717, 1.165) is 30.4 Å². The van der Waals surface area contributed by atoms with Crippen LogP contribution >= 0.6 is 0 Å². The zero-order valence-corrected chi connectivity index (χ0v) is 19.2. The van der Waals surface area contributed by atoms with Gasteiger partial charge in [0, 0.05) is 14.1 Å². The van der Waals surface area contributed by atoms with Gasteiger partial charge in [-0.2, -0.15) is 0 Å². The molecule has 3 amide bonds. The number of amides is 3. The van der Waals surface area contributed by atoms with E-state index in [9.17, 15) is 14.4 Å². The fourth-order valence-corrected chi connectivity index (χ4v) is 4.24. The Hall–Kier alpha value is -3.23. The van der Waals surface area contributed by atoms with Crippen molar-refractivity contribution in [3.63, 3.8) is 0 Å². The van der Waals surface area contributed by atoms with Gasteiger partial charge >= 0.3 is 11.8 Å². The van der Waals surface area contributed by atoms with Crippen molar-refractivity contribution >= 4 is 23.7 Å². The number of anilines is 1. The Labute approximate surface area is 188 Å². The van der Waals surface area contributed by atoms with Crippen molar-refractivity contribution in [3.05, 3.63) is 41.7 Å². The molecule has 3 rings (SSSR count). The number of carbonyl (C=O) groups excluding carboxylic acids is 3. The predicted molar refractivity (Wildman–Crippen MR) is 121 cm³/mol. The molecule has 0 bridgehead atoms. The molecule has 2 N–H and O–H groups in total. The molecular weight excluding hydrogens is 408 g/mol. The van der Waals surface area contributed by atoms with Crippen LogP contribution in [-0.4, -0.2) is 51.5 Å². The van der Waals surface area contributed by atoms with Crippen molar-refractivity contribution in [3.8, 4) is 0 Å². The number of hydrogen-bond acceptors (Lipinski definition) is 5. The molecule has 1 fully saturated rings. The van der Waals surface area contributed by atoms with Crippen LogP contribution in [0.15, 0.2) is 30.6 Å². The highest BCUT2D eigenvalue weighted by atomic mass is 16.2. The van der Waals surface area contributed by atoms with Gasteiger partial charge in [-0.1, -0.05) is 44.0 Å². The van der Waals surface area contributed by atoms with E-state index in [1.807, 2.05) is 31.2 Å². The molecule has 3 atom stereocenters. The van der Waals surface area contributed by atoms with E-state index in [1.54, 1.807) is 14.1 Å². The summed E-state index contributed by atoms with van der Waals surface area (Å²) >= 11 is 0. The summed E-state index contributed by atoms with van der Waals surface area (Å²) in [5, 5.41) is 9.45. The third kappa shape index (κ3) is 5.93. The van der Waals surface area contributed by atoms with E-state index in [0.29, 0.717) is 5.92 Å². The fourth-order valence-electron chi connectivity index (χ4n) is 4.24. The zero-order chi connectivity index (χ0) is 23.3. The van der Waals surface area contributed by atoms with E-state index in [2.05, 4.69) is 27.6 Å². The number of carbonyl (C=O) groups is 3. The zero-order valence-electron chi connectivity index (χ0n) is 19.2. The standard InChI is InChI=1S/C23H32N6O3/c1-15-8-7-10-17(12-15)20(18-11-6-5-9-16(18)2)25-21(31)22(32)26-23-24-14-29(27-23)13-19(30)28(3)4/h5-6,9,11,14-15,17,20H,7-8,10,12-13H2,1-4H3,(H,25,31)(H,26,27,32)/t15-,17+,20-/m1/s1. The Bertz CT molecular complexity index is 970. The van der Waals surface area contributed by atoms with Gasteiger partial charge in [-0.25, -0.2) is 9.67 Å². The van der Waals surface area contributed by atoms with Crippen molar-refractivity contribution in [2.45, 2.75) is 52.1 Å². The summed E-state index contributed by atoms with van der Waals surface area (Å²) in [6.07, 6.45) is 5.66. The molecule has 1 aliphatic rings. The van der Waals surface area contributed by atoms with Crippen LogP contribution < -0.4 is 10.6 Å². The van der Waals surface area contributed by atoms with Crippen LogP contribution in [0, 0.1) is 18.8 Å². The molecule has 1 saturated carbocycles. The number of likely N-dealkylation sites (N-methyl/N-ethyl adjacent to an activating group) is 1. The quantitative estimate of drug-likeness (QED) is 0.670. The Morgan fingerprint density at radius 1 is 1.19 bits per heavy atom. The minimum absolute atomic E-state index is 0.00269. The Morgan fingerprint density at radius 2 is 1.94 bits per heavy atom. The molecule has 0 unspecified atom stereocenters. The monoisotopic (exact) mass is 440 g/mol. The molecule has 0 saturated heterocycles. The molecule has 1 heterocycles. The third-order valence-electron chi connectivity index (χ3n) is 6.02. The number of aryl methyl sites for hydroxylation is 1. The van der Waals surface area contributed by atoms with Gasteiger partial charge in [0.05, 0.1) is 6.04 Å². The van der Waals surface area contributed by atoms with Crippen LogP contribution in [0.3, 0.4) is 0 Å². The Kier molecular flexibility index (Phi) is 7.61. The highest BCUT2D eigenvalue weighted by Crippen LogP contribution is 2.38. The lowest BCUT2D eigenvalue weighted by Gasteiger charge is -2.34. The summed E-state index contributed by atoms with van der Waals surface area (Å²) in [4.78, 5) is 42.6. The first-order valence-corrected chi connectivity index (χ1v) is 11.0. The number of rotatable bonds is 6. The van der Waals surface area contributed by atoms with Gasteiger partial charge < -0.3 is 10.2 Å². The lowest BCUT2D eigenvalue weighted by Crippen LogP contribution is -2.41. The van der Waals surface area contributed by atoms with Gasteiger partial charge in [0.25, 0.3) is 0 Å². The van der Waals surface area contributed by atoms with Crippen LogP contribution in [0.1, 0.15) is 49.8 Å². The van der Waals surface area contributed by atoms with Gasteiger partial charge in [-0.05, 0) is 42.7 Å². The van der Waals surface area contributed by atoms with Crippen molar-refractivity contribution in [2.75, 3.05) is 19.4 Å². The van der Waals surface area contributed by atoms with Crippen molar-refractivity contribution in [1.29, 1.82) is 0 Å². The van der Waals surface area contributed by atoms with Crippen LogP contribution in [-0.2, 0) is 20.9 Å². The molecule has 0 spiro atoms. The summed E-state index contributed by atoms with van der Waals surface area (Å²) < 4.78 is 1.31. The molecule has 0 aliphatic heterocycles. The van der Waals surface area contributed by atoms with Crippen LogP contribution in [0.2, 0.25) is 0 Å². The molecule has 9 heteroatoms. The minimum Gasteiger partial charge on any atom is -0.347 e. The van der Waals surface area contributed by atoms with Crippen molar-refractivity contribution < 1.29 is 14.4 Å². The van der Waals surface area contributed by atoms with Crippen molar-refractivity contribution in [1.82, 2.24) is 25.0 Å². The van der Waals surface area contributed by atoms with Crippen LogP contribution in [0.5, 0.6) is 0 Å². The van der Waals surface area contributed by atoms with Gasteiger partial charge in [0.1, 0.15) is 12.9 Å². The first-order valence-electron chi connectivity index (χ1n) is 11.0. The highest BCUT2D eigenvalue weighted by molar-refractivity contribution is 6.39. The topological polar surface area (TPSA) is 109 Å². The number of hydrogen-bond donors (Lipinski definition) is 2. The van der Waals surface area contributed by atoms with Gasteiger partial charge in [0.15, 0.2) is 0 Å². The third-order valence-corrected chi connectivity index (χ3v) is 6.02. The predicted octanol–water partition coefficient (Wildman–Crippen LogP) is 2.30. The van der Waals surface area contributed by atoms with Crippen molar-refractivity contribution in [2.24, 2.45) is 11.8 Å². The number of nitrogens with zero attached hydrogens (tertiary/aromatic N) is 4. The normalized spacial score (nSPS) is 19.1. The van der Waals surface area contributed by atoms with Crippen LogP contribution in [0.4, 0.5) is 5.95 Å². The second-order valence-corrected chi connectivity index (χ2v) is 8.85. The number of aromatic nitrogens is 3. The molecule has 32 heavy (non-hydrogen) atoms. The fraction of sp³-hybridized carbons (Fsp3) is 0.522. The summed E-state index contributed by atoms with van der Waals surface area (Å²) in [5.41, 5.74) is 2.12.